The number of aliphatic hydroxyl groups excluding tert-OH is 1. The molecule has 9 heteroatoms. The van der Waals surface area contributed by atoms with Crippen molar-refractivity contribution >= 4 is 29.8 Å². The zero-order chi connectivity index (χ0) is 24.0. The third kappa shape index (κ3) is 4.59. The smallest absolute Gasteiger partial charge is 0.550 e. The number of carboxylic acid groups (broad SMARTS) is 1. The average Bonchev–Trinajstić information content (AvgIpc) is 3.15. The average molecular weight is 483 g/mol. The van der Waals surface area contributed by atoms with Crippen molar-refractivity contribution in [3.63, 3.8) is 0 Å². The number of Topliss-reactive ketones (excluding diaryl/α,β-unsaturated/α-hetero) is 1. The van der Waals surface area contributed by atoms with Crippen LogP contribution in [0.3, 0.4) is 0 Å². The first-order chi connectivity index (χ1) is 15.6. The Labute approximate surface area is 221 Å². The van der Waals surface area contributed by atoms with Gasteiger partial charge in [-0.1, -0.05) is 12.5 Å². The van der Waals surface area contributed by atoms with E-state index in [0.717, 1.165) is 24.7 Å². The molecule has 0 unspecified atom stereocenters. The fourth-order valence-electron chi connectivity index (χ4n) is 7.59. The maximum atomic E-state index is 13.0. The normalized spacial score (nSPS) is 38.4. The van der Waals surface area contributed by atoms with E-state index < -0.39 is 42.4 Å². The maximum absolute atomic E-state index is 13.0. The largest absolute Gasteiger partial charge is 1.00 e. The van der Waals surface area contributed by atoms with E-state index in [4.69, 9.17) is 4.74 Å². The third-order valence-corrected chi connectivity index (χ3v) is 9.02. The van der Waals surface area contributed by atoms with E-state index in [9.17, 15) is 34.2 Å². The number of aliphatic hydroxyl groups is 1. The predicted molar refractivity (Wildman–Crippen MR) is 112 cm³/mol. The Balaban J connectivity index is 0.00000324. The molecule has 7 atom stereocenters. The molecular formula is C25H31NaO8. The number of carbonyl (C=O) groups excluding carboxylic acids is 5. The second-order valence-electron chi connectivity index (χ2n) is 10.5. The summed E-state index contributed by atoms with van der Waals surface area (Å²) in [5.41, 5.74) is -0.161. The number of allylic oxidation sites excluding steroid dienone is 1. The molecule has 0 bridgehead atoms. The fourth-order valence-corrected chi connectivity index (χ4v) is 7.59. The van der Waals surface area contributed by atoms with Gasteiger partial charge in [-0.15, -0.1) is 0 Å². The molecule has 0 heterocycles. The van der Waals surface area contributed by atoms with Crippen LogP contribution in [0.4, 0.5) is 0 Å². The van der Waals surface area contributed by atoms with Crippen LogP contribution in [0, 0.1) is 34.5 Å². The summed E-state index contributed by atoms with van der Waals surface area (Å²) in [6.07, 6.45) is 5.05. The van der Waals surface area contributed by atoms with Gasteiger partial charge in [0.1, 0.15) is 12.9 Å². The van der Waals surface area contributed by atoms with Crippen LogP contribution < -0.4 is 34.7 Å². The molecule has 34 heavy (non-hydrogen) atoms. The third-order valence-electron chi connectivity index (χ3n) is 9.02. The molecule has 0 aromatic heterocycles. The van der Waals surface area contributed by atoms with E-state index >= 15 is 0 Å². The van der Waals surface area contributed by atoms with Crippen LogP contribution in [0.5, 0.6) is 0 Å². The number of rotatable bonds is 7. The summed E-state index contributed by atoms with van der Waals surface area (Å²) < 4.78 is 4.97. The predicted octanol–water partition coefficient (Wildman–Crippen LogP) is -2.07. The number of esters is 1. The number of aldehydes is 1. The summed E-state index contributed by atoms with van der Waals surface area (Å²) in [6, 6.07) is 0. The van der Waals surface area contributed by atoms with Crippen molar-refractivity contribution in [1.29, 1.82) is 0 Å². The number of carboxylic acids is 1. The Morgan fingerprint density at radius 1 is 1.21 bits per heavy atom. The number of aliphatic carboxylic acids is 1. The van der Waals surface area contributed by atoms with Crippen LogP contribution in [-0.4, -0.2) is 47.6 Å². The summed E-state index contributed by atoms with van der Waals surface area (Å²) >= 11 is 0. The van der Waals surface area contributed by atoms with Crippen molar-refractivity contribution in [3.8, 4) is 0 Å². The Kier molecular flexibility index (Phi) is 8.28. The van der Waals surface area contributed by atoms with E-state index in [1.807, 2.05) is 0 Å². The summed E-state index contributed by atoms with van der Waals surface area (Å²) in [5.74, 6) is -3.04. The minimum absolute atomic E-state index is 0. The number of hydrogen-bond acceptors (Lipinski definition) is 8. The van der Waals surface area contributed by atoms with Gasteiger partial charge in [0.15, 0.2) is 11.6 Å². The Morgan fingerprint density at radius 2 is 1.94 bits per heavy atom. The molecule has 0 radical (unpaired) electrons. The Hall–Kier alpha value is -1.35. The molecule has 3 saturated carbocycles. The first-order valence-electron chi connectivity index (χ1n) is 11.9. The molecule has 0 aromatic carbocycles. The number of ketones is 2. The molecule has 0 aromatic rings. The van der Waals surface area contributed by atoms with Gasteiger partial charge in [0.05, 0.1) is 12.5 Å². The van der Waals surface area contributed by atoms with E-state index in [1.54, 1.807) is 6.08 Å². The zero-order valence-electron chi connectivity index (χ0n) is 19.9. The van der Waals surface area contributed by atoms with E-state index in [0.29, 0.717) is 25.7 Å². The first-order valence-corrected chi connectivity index (χ1v) is 11.9. The molecule has 180 valence electrons. The number of fused-ring (bicyclic) bond motifs is 5. The maximum Gasteiger partial charge on any atom is 1.00 e. The van der Waals surface area contributed by atoms with Gasteiger partial charge < -0.3 is 24.5 Å². The van der Waals surface area contributed by atoms with Crippen LogP contribution in [0.25, 0.3) is 0 Å². The molecule has 0 saturated heterocycles. The van der Waals surface area contributed by atoms with Gasteiger partial charge >= 0.3 is 35.5 Å². The molecule has 0 spiro atoms. The molecule has 4 aliphatic carbocycles. The number of hydrogen-bond donors (Lipinski definition) is 1. The van der Waals surface area contributed by atoms with Crippen molar-refractivity contribution in [1.82, 2.24) is 0 Å². The van der Waals surface area contributed by atoms with Crippen molar-refractivity contribution < 1.29 is 68.5 Å². The summed E-state index contributed by atoms with van der Waals surface area (Å²) in [4.78, 5) is 59.7. The minimum Gasteiger partial charge on any atom is -0.550 e. The molecule has 0 aliphatic heterocycles. The molecule has 8 nitrogen and oxygen atoms in total. The summed E-state index contributed by atoms with van der Waals surface area (Å²) in [6.45, 7) is 1.62. The SMILES string of the molecule is C[C@]12CCC(=O)C=C1CC[C@@H]1[C@@H]2[C@@H](O)C[C@]2(C=O)[C@@H](C(=O)COC(=O)CCC(=O)[O-])CC[C@@H]12.[Na+]. The van der Waals surface area contributed by atoms with E-state index in [1.165, 1.54) is 0 Å². The topological polar surface area (TPSA) is 138 Å². The van der Waals surface area contributed by atoms with Gasteiger partial charge in [-0.05, 0) is 74.2 Å². The van der Waals surface area contributed by atoms with Gasteiger partial charge in [0, 0.05) is 23.7 Å². The van der Waals surface area contributed by atoms with Crippen molar-refractivity contribution in [2.75, 3.05) is 6.61 Å². The Morgan fingerprint density at radius 3 is 2.62 bits per heavy atom. The summed E-state index contributed by atoms with van der Waals surface area (Å²) in [7, 11) is 0. The fraction of sp³-hybridized carbons (Fsp3) is 0.720. The molecular weight excluding hydrogens is 451 g/mol. The zero-order valence-corrected chi connectivity index (χ0v) is 21.9. The van der Waals surface area contributed by atoms with Crippen molar-refractivity contribution in [2.45, 2.75) is 70.8 Å². The first kappa shape index (κ1) is 27.2. The minimum atomic E-state index is -1.37. The van der Waals surface area contributed by atoms with E-state index in [2.05, 4.69) is 6.92 Å². The molecule has 3 fully saturated rings. The number of ether oxygens (including phenoxy) is 1. The molecule has 4 aliphatic rings. The quantitative estimate of drug-likeness (QED) is 0.248. The van der Waals surface area contributed by atoms with Gasteiger partial charge in [-0.25, -0.2) is 0 Å². The molecule has 1 N–H and O–H groups in total. The monoisotopic (exact) mass is 482 g/mol. The van der Waals surface area contributed by atoms with Crippen LogP contribution in [-0.2, 0) is 28.7 Å². The second kappa shape index (κ2) is 10.3. The van der Waals surface area contributed by atoms with Gasteiger partial charge in [-0.3, -0.25) is 14.4 Å². The van der Waals surface area contributed by atoms with Gasteiger partial charge in [0.2, 0.25) is 0 Å². The number of carbonyl (C=O) groups is 5. The second-order valence-corrected chi connectivity index (χ2v) is 10.5. The summed E-state index contributed by atoms with van der Waals surface area (Å²) in [5, 5.41) is 21.8. The van der Waals surface area contributed by atoms with Crippen molar-refractivity contribution in [3.05, 3.63) is 11.6 Å². The van der Waals surface area contributed by atoms with Gasteiger partial charge in [-0.2, -0.15) is 0 Å². The van der Waals surface area contributed by atoms with Crippen LogP contribution in [0.15, 0.2) is 11.6 Å². The van der Waals surface area contributed by atoms with E-state index in [-0.39, 0.29) is 77.1 Å². The Bertz CT molecular complexity index is 913. The molecule has 4 rings (SSSR count). The van der Waals surface area contributed by atoms with Crippen LogP contribution in [0.1, 0.15) is 64.7 Å². The standard InChI is InChI=1S/C25H32O8.Na/c1-24-9-8-15(27)10-14(24)2-3-16-17-4-5-18(25(17,13-26)11-19(28)23(16)24)20(29)12-33-22(32)7-6-21(30)31;/h10,13,16-19,23,28H,2-9,11-12H2,1H3,(H,30,31);/q;+1/p-1/t16-,17-,18+,19-,23+,24-,25+;/m0./s1. The van der Waals surface area contributed by atoms with Crippen LogP contribution >= 0.6 is 0 Å². The molecule has 0 amide bonds. The van der Waals surface area contributed by atoms with Gasteiger partial charge in [0.25, 0.3) is 0 Å². The van der Waals surface area contributed by atoms with Crippen molar-refractivity contribution in [2.24, 2.45) is 34.5 Å². The van der Waals surface area contributed by atoms with Crippen LogP contribution in [0.2, 0.25) is 0 Å².